The Kier molecular flexibility index (Phi) is 3.49. The molecule has 0 unspecified atom stereocenters. The summed E-state index contributed by atoms with van der Waals surface area (Å²) in [5.41, 5.74) is 0. The van der Waals surface area contributed by atoms with Crippen molar-refractivity contribution in [3.8, 4) is 0 Å². The first-order valence-corrected chi connectivity index (χ1v) is 6.23. The molecule has 0 heterocycles. The fraction of sp³-hybridized carbons (Fsp3) is 0.917. The minimum atomic E-state index is -0.194. The number of nitrogens with one attached hydrogen (secondary N) is 1. The van der Waals surface area contributed by atoms with Crippen molar-refractivity contribution in [2.75, 3.05) is 0 Å². The molecule has 15 heavy (non-hydrogen) atoms. The van der Waals surface area contributed by atoms with Crippen molar-refractivity contribution in [1.29, 1.82) is 0 Å². The lowest BCUT2D eigenvalue weighted by Crippen LogP contribution is -2.38. The molecule has 2 aliphatic carbocycles. The monoisotopic (exact) mass is 211 g/mol. The summed E-state index contributed by atoms with van der Waals surface area (Å²) < 4.78 is 5.37. The number of rotatable bonds is 2. The maximum absolute atomic E-state index is 11.6. The van der Waals surface area contributed by atoms with Crippen LogP contribution in [0.25, 0.3) is 0 Å². The van der Waals surface area contributed by atoms with Gasteiger partial charge in [-0.25, -0.2) is 4.79 Å². The van der Waals surface area contributed by atoms with Crippen molar-refractivity contribution < 1.29 is 9.53 Å². The van der Waals surface area contributed by atoms with Gasteiger partial charge in [-0.15, -0.1) is 0 Å². The second kappa shape index (κ2) is 4.86. The van der Waals surface area contributed by atoms with Gasteiger partial charge in [0.15, 0.2) is 0 Å². The minimum absolute atomic E-state index is 0.182. The predicted octanol–water partition coefficient (Wildman–Crippen LogP) is 2.84. The Morgan fingerprint density at radius 3 is 2.47 bits per heavy atom. The fourth-order valence-electron chi connectivity index (χ4n) is 2.70. The molecule has 0 bridgehead atoms. The SMILES string of the molecule is C[C@H]1CCC[C@H]1NC(=O)OC1CCCC1. The number of hydrogen-bond acceptors (Lipinski definition) is 2. The van der Waals surface area contributed by atoms with Crippen molar-refractivity contribution >= 4 is 6.09 Å². The van der Waals surface area contributed by atoms with E-state index in [-0.39, 0.29) is 12.2 Å². The molecule has 0 aliphatic heterocycles. The molecule has 3 nitrogen and oxygen atoms in total. The number of alkyl carbamates (subject to hydrolysis) is 1. The topological polar surface area (TPSA) is 38.3 Å². The van der Waals surface area contributed by atoms with Crippen LogP contribution in [-0.2, 0) is 4.74 Å². The van der Waals surface area contributed by atoms with Crippen LogP contribution in [-0.4, -0.2) is 18.2 Å². The van der Waals surface area contributed by atoms with E-state index in [1.165, 1.54) is 25.7 Å². The number of carbonyl (C=O) groups excluding carboxylic acids is 1. The molecular formula is C12H21NO2. The van der Waals surface area contributed by atoms with Crippen LogP contribution in [0.3, 0.4) is 0 Å². The lowest BCUT2D eigenvalue weighted by atomic mass is 10.1. The van der Waals surface area contributed by atoms with E-state index in [2.05, 4.69) is 12.2 Å². The highest BCUT2D eigenvalue weighted by Gasteiger charge is 2.26. The summed E-state index contributed by atoms with van der Waals surface area (Å²) in [7, 11) is 0. The molecule has 1 N–H and O–H groups in total. The first-order valence-electron chi connectivity index (χ1n) is 6.23. The second-order valence-corrected chi connectivity index (χ2v) is 4.97. The van der Waals surface area contributed by atoms with Crippen molar-refractivity contribution in [2.24, 2.45) is 5.92 Å². The molecule has 1 amide bonds. The average Bonchev–Trinajstić information content (AvgIpc) is 2.79. The van der Waals surface area contributed by atoms with Crippen LogP contribution in [0.1, 0.15) is 51.9 Å². The van der Waals surface area contributed by atoms with Gasteiger partial charge in [0.05, 0.1) is 0 Å². The standard InChI is InChI=1S/C12H21NO2/c1-9-5-4-8-11(9)13-12(14)15-10-6-2-3-7-10/h9-11H,2-8H2,1H3,(H,13,14)/t9-,11+/m0/s1. The van der Waals surface area contributed by atoms with Crippen molar-refractivity contribution in [3.05, 3.63) is 0 Å². The van der Waals surface area contributed by atoms with E-state index in [1.54, 1.807) is 0 Å². The minimum Gasteiger partial charge on any atom is -0.446 e. The summed E-state index contributed by atoms with van der Waals surface area (Å²) in [5, 5.41) is 2.99. The van der Waals surface area contributed by atoms with Crippen molar-refractivity contribution in [2.45, 2.75) is 64.0 Å². The third-order valence-electron chi connectivity index (χ3n) is 3.74. The second-order valence-electron chi connectivity index (χ2n) is 4.97. The summed E-state index contributed by atoms with van der Waals surface area (Å²) in [6.07, 6.45) is 8.07. The number of ether oxygens (including phenoxy) is 1. The fourth-order valence-corrected chi connectivity index (χ4v) is 2.70. The molecule has 2 atom stereocenters. The van der Waals surface area contributed by atoms with Gasteiger partial charge in [0.1, 0.15) is 6.10 Å². The summed E-state index contributed by atoms with van der Waals surface area (Å²) in [5.74, 6) is 0.612. The Balaban J connectivity index is 1.71. The number of carbonyl (C=O) groups is 1. The molecule has 0 radical (unpaired) electrons. The molecule has 86 valence electrons. The Morgan fingerprint density at radius 2 is 1.87 bits per heavy atom. The van der Waals surface area contributed by atoms with E-state index in [1.807, 2.05) is 0 Å². The molecule has 2 rings (SSSR count). The first kappa shape index (κ1) is 10.8. The Labute approximate surface area is 91.6 Å². The summed E-state index contributed by atoms with van der Waals surface area (Å²) >= 11 is 0. The highest BCUT2D eigenvalue weighted by molar-refractivity contribution is 5.67. The lowest BCUT2D eigenvalue weighted by Gasteiger charge is -2.19. The normalized spacial score (nSPS) is 31.8. The molecule has 0 spiro atoms. The van der Waals surface area contributed by atoms with Gasteiger partial charge in [0.2, 0.25) is 0 Å². The average molecular weight is 211 g/mol. The van der Waals surface area contributed by atoms with E-state index in [0.29, 0.717) is 12.0 Å². The van der Waals surface area contributed by atoms with Crippen LogP contribution >= 0.6 is 0 Å². The van der Waals surface area contributed by atoms with E-state index in [0.717, 1.165) is 19.3 Å². The third-order valence-corrected chi connectivity index (χ3v) is 3.74. The van der Waals surface area contributed by atoms with Crippen LogP contribution < -0.4 is 5.32 Å². The molecule has 0 aromatic rings. The Hall–Kier alpha value is -0.730. The van der Waals surface area contributed by atoms with Gasteiger partial charge in [0, 0.05) is 6.04 Å². The molecule has 0 aromatic heterocycles. The molecule has 3 heteroatoms. The van der Waals surface area contributed by atoms with Crippen LogP contribution in [0.4, 0.5) is 4.79 Å². The van der Waals surface area contributed by atoms with Crippen LogP contribution in [0, 0.1) is 5.92 Å². The largest absolute Gasteiger partial charge is 0.446 e. The molecular weight excluding hydrogens is 190 g/mol. The van der Waals surface area contributed by atoms with Crippen LogP contribution in [0.2, 0.25) is 0 Å². The Morgan fingerprint density at radius 1 is 1.13 bits per heavy atom. The predicted molar refractivity (Wildman–Crippen MR) is 58.7 cm³/mol. The molecule has 2 saturated carbocycles. The van der Waals surface area contributed by atoms with Gasteiger partial charge in [-0.3, -0.25) is 0 Å². The van der Waals surface area contributed by atoms with E-state index in [9.17, 15) is 4.79 Å². The zero-order chi connectivity index (χ0) is 10.7. The quantitative estimate of drug-likeness (QED) is 0.762. The van der Waals surface area contributed by atoms with Crippen LogP contribution in [0.5, 0.6) is 0 Å². The zero-order valence-corrected chi connectivity index (χ0v) is 9.50. The van der Waals surface area contributed by atoms with E-state index >= 15 is 0 Å². The lowest BCUT2D eigenvalue weighted by molar-refractivity contribution is 0.0964. The maximum Gasteiger partial charge on any atom is 0.407 e. The molecule has 2 aliphatic rings. The number of hydrogen-bond donors (Lipinski definition) is 1. The van der Waals surface area contributed by atoms with Crippen molar-refractivity contribution in [3.63, 3.8) is 0 Å². The van der Waals surface area contributed by atoms with Crippen LogP contribution in [0.15, 0.2) is 0 Å². The molecule has 0 saturated heterocycles. The molecule has 0 aromatic carbocycles. The van der Waals surface area contributed by atoms with Gasteiger partial charge in [-0.1, -0.05) is 13.3 Å². The Bertz CT molecular complexity index is 224. The van der Waals surface area contributed by atoms with Crippen molar-refractivity contribution in [1.82, 2.24) is 5.32 Å². The van der Waals surface area contributed by atoms with E-state index in [4.69, 9.17) is 4.74 Å². The zero-order valence-electron chi connectivity index (χ0n) is 9.50. The van der Waals surface area contributed by atoms with Gasteiger partial charge in [0.25, 0.3) is 0 Å². The highest BCUT2D eigenvalue weighted by Crippen LogP contribution is 2.25. The van der Waals surface area contributed by atoms with Gasteiger partial charge in [-0.05, 0) is 44.4 Å². The van der Waals surface area contributed by atoms with Gasteiger partial charge >= 0.3 is 6.09 Å². The number of amides is 1. The van der Waals surface area contributed by atoms with Gasteiger partial charge in [-0.2, -0.15) is 0 Å². The maximum atomic E-state index is 11.6. The highest BCUT2D eigenvalue weighted by atomic mass is 16.6. The summed E-state index contributed by atoms with van der Waals surface area (Å²) in [4.78, 5) is 11.6. The van der Waals surface area contributed by atoms with Gasteiger partial charge < -0.3 is 10.1 Å². The molecule has 2 fully saturated rings. The summed E-state index contributed by atoms with van der Waals surface area (Å²) in [6.45, 7) is 2.20. The summed E-state index contributed by atoms with van der Waals surface area (Å²) in [6, 6.07) is 0.346. The third kappa shape index (κ3) is 2.86. The van der Waals surface area contributed by atoms with E-state index < -0.39 is 0 Å². The smallest absolute Gasteiger partial charge is 0.407 e. The first-order chi connectivity index (χ1) is 7.25.